The van der Waals surface area contributed by atoms with E-state index in [4.69, 9.17) is 4.74 Å². The van der Waals surface area contributed by atoms with Crippen molar-refractivity contribution in [3.63, 3.8) is 0 Å². The number of allylic oxidation sites excluding steroid dienone is 1. The van der Waals surface area contributed by atoms with Crippen molar-refractivity contribution in [2.24, 2.45) is 0 Å². The predicted molar refractivity (Wildman–Crippen MR) is 112 cm³/mol. The van der Waals surface area contributed by atoms with Crippen molar-refractivity contribution in [2.75, 3.05) is 17.2 Å². The van der Waals surface area contributed by atoms with E-state index in [0.29, 0.717) is 0 Å². The highest BCUT2D eigenvalue weighted by atomic mass is 16.5. The number of ether oxygens (including phenoxy) is 1. The summed E-state index contributed by atoms with van der Waals surface area (Å²) in [5.74, 6) is 3.18. The van der Waals surface area contributed by atoms with Crippen LogP contribution in [0.25, 0.3) is 0 Å². The van der Waals surface area contributed by atoms with Gasteiger partial charge in [-0.1, -0.05) is 23.8 Å². The highest BCUT2D eigenvalue weighted by molar-refractivity contribution is 5.65. The molecule has 0 bridgehead atoms. The van der Waals surface area contributed by atoms with E-state index in [1.165, 1.54) is 25.7 Å². The third-order valence-electron chi connectivity index (χ3n) is 4.49. The van der Waals surface area contributed by atoms with Crippen LogP contribution < -0.4 is 15.4 Å². The quantitative estimate of drug-likeness (QED) is 0.594. The minimum absolute atomic E-state index is 0.117. The monoisotopic (exact) mass is 366 g/mol. The molecule has 0 saturated heterocycles. The number of hydrogen-bond donors (Lipinski definition) is 2. The molecule has 0 amide bonds. The fourth-order valence-electron chi connectivity index (χ4n) is 3.27. The zero-order valence-corrected chi connectivity index (χ0v) is 16.6. The highest BCUT2D eigenvalue weighted by Gasteiger charge is 2.08. The first-order valence-corrected chi connectivity index (χ1v) is 9.90. The molecule has 1 aliphatic carbocycles. The molecule has 1 aliphatic rings. The van der Waals surface area contributed by atoms with E-state index in [0.717, 1.165) is 41.9 Å². The number of rotatable bonds is 8. The van der Waals surface area contributed by atoms with E-state index in [1.54, 1.807) is 5.57 Å². The summed E-state index contributed by atoms with van der Waals surface area (Å²) in [6.45, 7) is 6.86. The van der Waals surface area contributed by atoms with Crippen LogP contribution in [0.4, 0.5) is 17.3 Å². The number of nitrogens with one attached hydrogen (secondary N) is 2. The minimum Gasteiger partial charge on any atom is -0.489 e. The molecule has 2 N–H and O–H groups in total. The molecule has 0 unspecified atom stereocenters. The topological polar surface area (TPSA) is 59.1 Å². The molecule has 144 valence electrons. The Kier molecular flexibility index (Phi) is 6.69. The van der Waals surface area contributed by atoms with Gasteiger partial charge >= 0.3 is 0 Å². The molecule has 2 aromatic rings. The van der Waals surface area contributed by atoms with E-state index >= 15 is 0 Å². The zero-order valence-electron chi connectivity index (χ0n) is 16.6. The predicted octanol–water partition coefficient (Wildman–Crippen LogP) is 5.62. The van der Waals surface area contributed by atoms with Gasteiger partial charge in [-0.3, -0.25) is 0 Å². The van der Waals surface area contributed by atoms with Crippen molar-refractivity contribution in [1.82, 2.24) is 9.97 Å². The van der Waals surface area contributed by atoms with E-state index in [9.17, 15) is 0 Å². The van der Waals surface area contributed by atoms with Crippen LogP contribution in [0.3, 0.4) is 0 Å². The summed E-state index contributed by atoms with van der Waals surface area (Å²) in [6, 6.07) is 9.88. The number of aromatic nitrogens is 2. The summed E-state index contributed by atoms with van der Waals surface area (Å²) >= 11 is 0. The Labute approximate surface area is 162 Å². The van der Waals surface area contributed by atoms with E-state index in [-0.39, 0.29) is 6.10 Å². The van der Waals surface area contributed by atoms with Gasteiger partial charge in [-0.05, 0) is 65.0 Å². The molecular weight excluding hydrogens is 336 g/mol. The zero-order chi connectivity index (χ0) is 19.1. The lowest BCUT2D eigenvalue weighted by Crippen LogP contribution is -2.09. The van der Waals surface area contributed by atoms with Gasteiger partial charge in [0.25, 0.3) is 0 Å². The summed E-state index contributed by atoms with van der Waals surface area (Å²) in [6.07, 6.45) is 8.72. The maximum absolute atomic E-state index is 5.88. The Morgan fingerprint density at radius 3 is 2.70 bits per heavy atom. The Hall–Kier alpha value is -2.56. The second-order valence-corrected chi connectivity index (χ2v) is 7.26. The second kappa shape index (κ2) is 9.40. The third kappa shape index (κ3) is 5.98. The molecule has 0 fully saturated rings. The maximum atomic E-state index is 5.88. The van der Waals surface area contributed by atoms with Crippen molar-refractivity contribution in [1.29, 1.82) is 0 Å². The normalized spacial score (nSPS) is 14.0. The molecule has 5 heteroatoms. The van der Waals surface area contributed by atoms with Crippen LogP contribution in [-0.2, 0) is 0 Å². The van der Waals surface area contributed by atoms with Crippen LogP contribution in [0.2, 0.25) is 0 Å². The lowest BCUT2D eigenvalue weighted by molar-refractivity contribution is 0.244. The molecule has 1 aromatic carbocycles. The van der Waals surface area contributed by atoms with Crippen LogP contribution in [0.1, 0.15) is 51.8 Å². The second-order valence-electron chi connectivity index (χ2n) is 7.26. The fraction of sp³-hybridized carbons (Fsp3) is 0.455. The van der Waals surface area contributed by atoms with Gasteiger partial charge in [0.15, 0.2) is 0 Å². The van der Waals surface area contributed by atoms with Gasteiger partial charge in [0, 0.05) is 12.6 Å². The molecule has 0 radical (unpaired) electrons. The van der Waals surface area contributed by atoms with Crippen LogP contribution in [0.15, 0.2) is 42.0 Å². The van der Waals surface area contributed by atoms with Crippen LogP contribution in [0, 0.1) is 6.92 Å². The van der Waals surface area contributed by atoms with Crippen LogP contribution >= 0.6 is 0 Å². The summed E-state index contributed by atoms with van der Waals surface area (Å²) in [4.78, 5) is 9.03. The summed E-state index contributed by atoms with van der Waals surface area (Å²) in [5.41, 5.74) is 2.47. The van der Waals surface area contributed by atoms with Crippen molar-refractivity contribution in [3.8, 4) is 5.75 Å². The van der Waals surface area contributed by atoms with E-state index < -0.39 is 0 Å². The Bertz CT molecular complexity index is 786. The molecule has 1 heterocycles. The van der Waals surface area contributed by atoms with Gasteiger partial charge in [0.05, 0.1) is 11.8 Å². The molecule has 1 aromatic heterocycles. The molecule has 0 spiro atoms. The van der Waals surface area contributed by atoms with Gasteiger partial charge in [-0.15, -0.1) is 0 Å². The third-order valence-corrected chi connectivity index (χ3v) is 4.49. The van der Waals surface area contributed by atoms with Crippen molar-refractivity contribution in [3.05, 3.63) is 47.8 Å². The molecule has 0 aliphatic heterocycles. The van der Waals surface area contributed by atoms with Crippen LogP contribution in [0.5, 0.6) is 5.75 Å². The average molecular weight is 367 g/mol. The largest absolute Gasteiger partial charge is 0.489 e. The molecule has 0 atom stereocenters. The van der Waals surface area contributed by atoms with Crippen LogP contribution in [-0.4, -0.2) is 22.6 Å². The Balaban J connectivity index is 1.66. The maximum Gasteiger partial charge on any atom is 0.143 e. The first-order valence-electron chi connectivity index (χ1n) is 9.90. The summed E-state index contributed by atoms with van der Waals surface area (Å²) in [5, 5.41) is 6.81. The summed E-state index contributed by atoms with van der Waals surface area (Å²) < 4.78 is 5.88. The average Bonchev–Trinajstić information content (AvgIpc) is 2.63. The fourth-order valence-corrected chi connectivity index (χ4v) is 3.27. The SMILES string of the molecule is Cc1nc(NCCC2=CCCCC2)cc(Nc2ccccc2OC(C)C)n1. The summed E-state index contributed by atoms with van der Waals surface area (Å²) in [7, 11) is 0. The number of nitrogens with zero attached hydrogens (tertiary/aromatic N) is 2. The Morgan fingerprint density at radius 2 is 1.93 bits per heavy atom. The standard InChI is InChI=1S/C22H30N4O/c1-16(2)27-20-12-8-7-11-19(20)26-22-15-21(24-17(3)25-22)23-14-13-18-9-5-4-6-10-18/h7-9,11-12,15-16H,4-6,10,13-14H2,1-3H3,(H2,23,24,25,26). The van der Waals surface area contributed by atoms with Gasteiger partial charge in [0.1, 0.15) is 23.2 Å². The number of benzene rings is 1. The van der Waals surface area contributed by atoms with Crippen molar-refractivity contribution < 1.29 is 4.74 Å². The molecular formula is C22H30N4O. The number of aryl methyl sites for hydroxylation is 1. The van der Waals surface area contributed by atoms with E-state index in [1.807, 2.05) is 51.1 Å². The van der Waals surface area contributed by atoms with E-state index in [2.05, 4.69) is 26.7 Å². The van der Waals surface area contributed by atoms with Crippen molar-refractivity contribution in [2.45, 2.75) is 59.0 Å². The minimum atomic E-state index is 0.117. The van der Waals surface area contributed by atoms with Gasteiger partial charge in [-0.2, -0.15) is 0 Å². The van der Waals surface area contributed by atoms with Gasteiger partial charge in [0.2, 0.25) is 0 Å². The first kappa shape index (κ1) is 19.2. The highest BCUT2D eigenvalue weighted by Crippen LogP contribution is 2.28. The molecule has 0 saturated carbocycles. The molecule has 27 heavy (non-hydrogen) atoms. The molecule has 3 rings (SSSR count). The van der Waals surface area contributed by atoms with Crippen molar-refractivity contribution >= 4 is 17.3 Å². The van der Waals surface area contributed by atoms with Gasteiger partial charge in [-0.25, -0.2) is 9.97 Å². The van der Waals surface area contributed by atoms with Gasteiger partial charge < -0.3 is 15.4 Å². The lowest BCUT2D eigenvalue weighted by atomic mass is 9.97. The number of para-hydroxylation sites is 2. The first-order chi connectivity index (χ1) is 13.1. The molecule has 5 nitrogen and oxygen atoms in total. The smallest absolute Gasteiger partial charge is 0.143 e. The Morgan fingerprint density at radius 1 is 1.11 bits per heavy atom. The lowest BCUT2D eigenvalue weighted by Gasteiger charge is -2.16. The number of anilines is 3. The number of hydrogen-bond acceptors (Lipinski definition) is 5.